The zero-order valence-electron chi connectivity index (χ0n) is 7.94. The van der Waals surface area contributed by atoms with Crippen molar-refractivity contribution in [1.29, 1.82) is 0 Å². The number of aryl methyl sites for hydroxylation is 1. The number of hydrogen-bond acceptors (Lipinski definition) is 3. The average molecular weight is 217 g/mol. The summed E-state index contributed by atoms with van der Waals surface area (Å²) in [4.78, 5) is 9.67. The fraction of sp³-hybridized carbons (Fsp3) is 0.333. The highest BCUT2D eigenvalue weighted by molar-refractivity contribution is 5.36. The van der Waals surface area contributed by atoms with Crippen LogP contribution < -0.4 is 4.74 Å². The van der Waals surface area contributed by atoms with E-state index in [-0.39, 0.29) is 5.75 Å². The molecule has 0 atom stereocenters. The van der Waals surface area contributed by atoms with E-state index in [1.807, 2.05) is 0 Å². The van der Waals surface area contributed by atoms with Crippen LogP contribution in [0.2, 0.25) is 0 Å². The van der Waals surface area contributed by atoms with Gasteiger partial charge in [0.2, 0.25) is 6.54 Å². The summed E-state index contributed by atoms with van der Waals surface area (Å²) in [7, 11) is 0. The Kier molecular flexibility index (Phi) is 3.54. The van der Waals surface area contributed by atoms with Crippen LogP contribution in [0.3, 0.4) is 0 Å². The summed E-state index contributed by atoms with van der Waals surface area (Å²) >= 11 is 0. The molecule has 15 heavy (non-hydrogen) atoms. The predicted molar refractivity (Wildman–Crippen MR) is 48.5 cm³/mol. The molecule has 0 spiro atoms. The third-order valence-corrected chi connectivity index (χ3v) is 1.78. The molecule has 4 nitrogen and oxygen atoms in total. The number of halogens is 2. The van der Waals surface area contributed by atoms with Crippen LogP contribution in [-0.4, -0.2) is 11.5 Å². The van der Waals surface area contributed by atoms with Gasteiger partial charge in [-0.15, -0.1) is 0 Å². The lowest BCUT2D eigenvalue weighted by atomic mass is 10.1. The van der Waals surface area contributed by atoms with Crippen LogP contribution in [0.25, 0.3) is 0 Å². The molecule has 82 valence electrons. The fourth-order valence-corrected chi connectivity index (χ4v) is 1.11. The van der Waals surface area contributed by atoms with Crippen LogP contribution in [0.1, 0.15) is 11.1 Å². The van der Waals surface area contributed by atoms with Crippen molar-refractivity contribution >= 4 is 0 Å². The normalized spacial score (nSPS) is 10.4. The van der Waals surface area contributed by atoms with E-state index in [1.54, 1.807) is 6.92 Å². The molecule has 0 bridgehead atoms. The number of benzene rings is 1. The zero-order valence-corrected chi connectivity index (χ0v) is 7.94. The van der Waals surface area contributed by atoms with Gasteiger partial charge in [-0.3, -0.25) is 10.1 Å². The van der Waals surface area contributed by atoms with Gasteiger partial charge in [-0.25, -0.2) is 0 Å². The highest BCUT2D eigenvalue weighted by Crippen LogP contribution is 2.21. The van der Waals surface area contributed by atoms with Gasteiger partial charge in [0, 0.05) is 10.5 Å². The fourth-order valence-electron chi connectivity index (χ4n) is 1.11. The second kappa shape index (κ2) is 4.68. The van der Waals surface area contributed by atoms with Gasteiger partial charge in [0.05, 0.1) is 0 Å². The quantitative estimate of drug-likeness (QED) is 0.574. The first-order chi connectivity index (χ1) is 6.99. The molecule has 1 aromatic carbocycles. The summed E-state index contributed by atoms with van der Waals surface area (Å²) < 4.78 is 28.1. The van der Waals surface area contributed by atoms with Crippen molar-refractivity contribution < 1.29 is 18.4 Å². The molecule has 0 amide bonds. The molecule has 1 aromatic rings. The summed E-state index contributed by atoms with van der Waals surface area (Å²) in [5, 5.41) is 10.2. The Labute approximate surface area is 84.6 Å². The van der Waals surface area contributed by atoms with Crippen molar-refractivity contribution in [1.82, 2.24) is 0 Å². The van der Waals surface area contributed by atoms with Crippen molar-refractivity contribution in [3.63, 3.8) is 0 Å². The Morgan fingerprint density at radius 2 is 2.20 bits per heavy atom. The second-order valence-corrected chi connectivity index (χ2v) is 2.97. The maximum Gasteiger partial charge on any atom is 0.387 e. The average Bonchev–Trinajstić information content (AvgIpc) is 2.09. The van der Waals surface area contributed by atoms with Gasteiger partial charge in [0.1, 0.15) is 5.75 Å². The van der Waals surface area contributed by atoms with Crippen molar-refractivity contribution in [3.8, 4) is 5.75 Å². The molecule has 0 aromatic heterocycles. The molecule has 1 rings (SSSR count). The molecule has 0 fully saturated rings. The molecule has 0 radical (unpaired) electrons. The summed E-state index contributed by atoms with van der Waals surface area (Å²) in [6.07, 6.45) is 0. The molecular weight excluding hydrogens is 208 g/mol. The second-order valence-electron chi connectivity index (χ2n) is 2.97. The lowest BCUT2D eigenvalue weighted by molar-refractivity contribution is -0.496. The predicted octanol–water partition coefficient (Wildman–Crippen LogP) is 2.37. The van der Waals surface area contributed by atoms with E-state index in [2.05, 4.69) is 4.74 Å². The minimum absolute atomic E-state index is 0.0237. The van der Waals surface area contributed by atoms with Crippen LogP contribution in [0, 0.1) is 17.0 Å². The summed E-state index contributed by atoms with van der Waals surface area (Å²) in [5.41, 5.74) is 0.851. The first-order valence-corrected chi connectivity index (χ1v) is 4.15. The van der Waals surface area contributed by atoms with Crippen LogP contribution in [-0.2, 0) is 6.54 Å². The molecule has 0 N–H and O–H groups in total. The number of hydrogen-bond donors (Lipinski definition) is 0. The minimum Gasteiger partial charge on any atom is -0.435 e. The Balaban J connectivity index is 2.89. The van der Waals surface area contributed by atoms with Crippen molar-refractivity contribution in [3.05, 3.63) is 39.4 Å². The topological polar surface area (TPSA) is 52.4 Å². The Bertz CT molecular complexity index is 368. The van der Waals surface area contributed by atoms with E-state index in [9.17, 15) is 18.9 Å². The van der Waals surface area contributed by atoms with E-state index in [1.165, 1.54) is 18.2 Å². The lowest BCUT2D eigenvalue weighted by Gasteiger charge is -2.08. The van der Waals surface area contributed by atoms with Crippen molar-refractivity contribution in [2.45, 2.75) is 20.1 Å². The molecule has 6 heteroatoms. The van der Waals surface area contributed by atoms with Gasteiger partial charge >= 0.3 is 6.61 Å². The Hall–Kier alpha value is -1.72. The first-order valence-electron chi connectivity index (χ1n) is 4.15. The highest BCUT2D eigenvalue weighted by atomic mass is 19.3. The van der Waals surface area contributed by atoms with Gasteiger partial charge in [0.15, 0.2) is 0 Å². The van der Waals surface area contributed by atoms with Crippen LogP contribution in [0.5, 0.6) is 5.75 Å². The van der Waals surface area contributed by atoms with E-state index in [0.29, 0.717) is 11.1 Å². The minimum atomic E-state index is -2.92. The largest absolute Gasteiger partial charge is 0.435 e. The molecular formula is C9H9F2NO3. The molecule has 0 aliphatic carbocycles. The van der Waals surface area contributed by atoms with Gasteiger partial charge in [-0.05, 0) is 18.6 Å². The van der Waals surface area contributed by atoms with Crippen LogP contribution in [0.4, 0.5) is 8.78 Å². The number of nitrogens with zero attached hydrogens (tertiary/aromatic N) is 1. The maximum atomic E-state index is 11.9. The molecule has 0 saturated carbocycles. The Morgan fingerprint density at radius 3 is 2.73 bits per heavy atom. The monoisotopic (exact) mass is 217 g/mol. The molecule has 0 unspecified atom stereocenters. The smallest absolute Gasteiger partial charge is 0.387 e. The molecule has 0 heterocycles. The summed E-state index contributed by atoms with van der Waals surface area (Å²) in [5.74, 6) is -0.0237. The Morgan fingerprint density at radius 1 is 1.53 bits per heavy atom. The van der Waals surface area contributed by atoms with Crippen molar-refractivity contribution in [2.24, 2.45) is 0 Å². The standard InChI is InChI=1S/C9H9F2NO3/c1-6-2-3-7(5-12(13)14)4-8(6)15-9(10)11/h2-4,9H,5H2,1H3. The number of ether oxygens (including phenoxy) is 1. The van der Waals surface area contributed by atoms with Gasteiger partial charge < -0.3 is 4.74 Å². The number of alkyl halides is 2. The first kappa shape index (κ1) is 11.4. The third-order valence-electron chi connectivity index (χ3n) is 1.78. The summed E-state index contributed by atoms with van der Waals surface area (Å²) in [6.45, 7) is -1.73. The number of rotatable bonds is 4. The van der Waals surface area contributed by atoms with Gasteiger partial charge in [0.25, 0.3) is 0 Å². The van der Waals surface area contributed by atoms with Crippen LogP contribution in [0.15, 0.2) is 18.2 Å². The molecule has 0 saturated heterocycles. The maximum absolute atomic E-state index is 11.9. The molecule has 0 aliphatic rings. The summed E-state index contributed by atoms with van der Waals surface area (Å²) in [6, 6.07) is 4.28. The lowest BCUT2D eigenvalue weighted by Crippen LogP contribution is -2.05. The van der Waals surface area contributed by atoms with Crippen LogP contribution >= 0.6 is 0 Å². The highest BCUT2D eigenvalue weighted by Gasteiger charge is 2.10. The van der Waals surface area contributed by atoms with Gasteiger partial charge in [-0.2, -0.15) is 8.78 Å². The van der Waals surface area contributed by atoms with E-state index in [4.69, 9.17) is 0 Å². The zero-order chi connectivity index (χ0) is 11.4. The molecule has 0 aliphatic heterocycles. The van der Waals surface area contributed by atoms with E-state index in [0.717, 1.165) is 0 Å². The van der Waals surface area contributed by atoms with Crippen molar-refractivity contribution in [2.75, 3.05) is 0 Å². The number of nitro groups is 1. The third kappa shape index (κ3) is 3.49. The SMILES string of the molecule is Cc1ccc(C[N+](=O)[O-])cc1OC(F)F. The van der Waals surface area contributed by atoms with Gasteiger partial charge in [-0.1, -0.05) is 12.1 Å². The van der Waals surface area contributed by atoms with E-state index < -0.39 is 18.1 Å². The van der Waals surface area contributed by atoms with E-state index >= 15 is 0 Å².